The van der Waals surface area contributed by atoms with E-state index < -0.39 is 11.9 Å². The third kappa shape index (κ3) is 9.23. The molecule has 0 aromatic rings. The van der Waals surface area contributed by atoms with E-state index in [1.165, 1.54) is 25.7 Å². The smallest absolute Gasteiger partial charge is 0.306 e. The van der Waals surface area contributed by atoms with Gasteiger partial charge >= 0.3 is 11.9 Å². The zero-order chi connectivity index (χ0) is 14.8. The van der Waals surface area contributed by atoms with Crippen molar-refractivity contribution in [2.24, 2.45) is 11.8 Å². The minimum Gasteiger partial charge on any atom is -0.481 e. The van der Waals surface area contributed by atoms with Crippen molar-refractivity contribution >= 4 is 11.9 Å². The largest absolute Gasteiger partial charge is 0.481 e. The SMILES string of the molecule is O=C(O)C1CCCCCC1.O=C(O)C1CCCCCC1.[Zn]. The fourth-order valence-corrected chi connectivity index (χ4v) is 3.05. The Morgan fingerprint density at radius 2 is 0.810 bits per heavy atom. The Labute approximate surface area is 140 Å². The normalized spacial score (nSPS) is 21.0. The molecule has 0 aromatic carbocycles. The molecule has 4 nitrogen and oxygen atoms in total. The minimum absolute atomic E-state index is 0. The van der Waals surface area contributed by atoms with Crippen molar-refractivity contribution < 1.29 is 39.3 Å². The Morgan fingerprint density at radius 3 is 1.00 bits per heavy atom. The van der Waals surface area contributed by atoms with E-state index in [-0.39, 0.29) is 31.3 Å². The molecule has 0 atom stereocenters. The minimum atomic E-state index is -0.595. The second-order valence-corrected chi connectivity index (χ2v) is 6.05. The van der Waals surface area contributed by atoms with Crippen LogP contribution in [-0.2, 0) is 29.1 Å². The third-order valence-corrected chi connectivity index (χ3v) is 4.41. The van der Waals surface area contributed by atoms with E-state index in [1.807, 2.05) is 0 Å². The average Bonchev–Trinajstić information content (AvgIpc) is 2.84. The van der Waals surface area contributed by atoms with Crippen LogP contribution in [0.25, 0.3) is 0 Å². The van der Waals surface area contributed by atoms with Gasteiger partial charge in [-0.1, -0.05) is 51.4 Å². The van der Waals surface area contributed by atoms with Crippen molar-refractivity contribution in [3.63, 3.8) is 0 Å². The fourth-order valence-electron chi connectivity index (χ4n) is 3.05. The molecule has 0 radical (unpaired) electrons. The van der Waals surface area contributed by atoms with E-state index in [2.05, 4.69) is 0 Å². The summed E-state index contributed by atoms with van der Waals surface area (Å²) in [5.41, 5.74) is 0. The van der Waals surface area contributed by atoms with Crippen LogP contribution >= 0.6 is 0 Å². The molecule has 2 aliphatic rings. The molecular weight excluding hydrogens is 322 g/mol. The van der Waals surface area contributed by atoms with Crippen molar-refractivity contribution in [1.82, 2.24) is 0 Å². The Balaban J connectivity index is 0.000000364. The monoisotopic (exact) mass is 348 g/mol. The third-order valence-electron chi connectivity index (χ3n) is 4.41. The van der Waals surface area contributed by atoms with Crippen molar-refractivity contribution in [3.8, 4) is 0 Å². The molecule has 0 aromatic heterocycles. The number of carbonyl (C=O) groups is 2. The molecule has 5 heteroatoms. The van der Waals surface area contributed by atoms with Crippen LogP contribution in [-0.4, -0.2) is 22.2 Å². The maximum atomic E-state index is 10.5. The zero-order valence-corrected chi connectivity index (χ0v) is 16.0. The molecule has 2 aliphatic carbocycles. The molecule has 0 heterocycles. The summed E-state index contributed by atoms with van der Waals surface area (Å²) < 4.78 is 0. The molecule has 0 spiro atoms. The van der Waals surface area contributed by atoms with E-state index in [9.17, 15) is 9.59 Å². The summed E-state index contributed by atoms with van der Waals surface area (Å²) in [4.78, 5) is 21.0. The molecule has 2 fully saturated rings. The maximum Gasteiger partial charge on any atom is 0.306 e. The fraction of sp³-hybridized carbons (Fsp3) is 0.875. The molecule has 21 heavy (non-hydrogen) atoms. The summed E-state index contributed by atoms with van der Waals surface area (Å²) in [6.45, 7) is 0. The van der Waals surface area contributed by atoms with E-state index in [0.29, 0.717) is 0 Å². The Morgan fingerprint density at radius 1 is 0.571 bits per heavy atom. The number of carboxylic acids is 2. The molecule has 2 N–H and O–H groups in total. The van der Waals surface area contributed by atoms with E-state index in [4.69, 9.17) is 10.2 Å². The molecule has 0 amide bonds. The maximum absolute atomic E-state index is 10.5. The van der Waals surface area contributed by atoms with Crippen LogP contribution in [0.1, 0.15) is 77.0 Å². The van der Waals surface area contributed by atoms with Gasteiger partial charge in [0.15, 0.2) is 0 Å². The summed E-state index contributed by atoms with van der Waals surface area (Å²) in [6, 6.07) is 0. The van der Waals surface area contributed by atoms with Gasteiger partial charge in [0.2, 0.25) is 0 Å². The molecule has 0 aliphatic heterocycles. The van der Waals surface area contributed by atoms with Crippen LogP contribution in [0, 0.1) is 11.8 Å². The summed E-state index contributed by atoms with van der Waals surface area (Å²) in [5.74, 6) is -1.27. The van der Waals surface area contributed by atoms with Crippen LogP contribution in [0.2, 0.25) is 0 Å². The molecular formula is C16H28O4Zn. The van der Waals surface area contributed by atoms with Gasteiger partial charge in [0.1, 0.15) is 0 Å². The van der Waals surface area contributed by atoms with Gasteiger partial charge in [0.25, 0.3) is 0 Å². The molecule has 0 unspecified atom stereocenters. The Kier molecular flexibility index (Phi) is 11.9. The van der Waals surface area contributed by atoms with E-state index in [1.54, 1.807) is 0 Å². The zero-order valence-electron chi connectivity index (χ0n) is 13.1. The van der Waals surface area contributed by atoms with Gasteiger partial charge in [-0.2, -0.15) is 0 Å². The number of hydrogen-bond acceptors (Lipinski definition) is 2. The summed E-state index contributed by atoms with van der Waals surface area (Å²) >= 11 is 0. The first-order valence-corrected chi connectivity index (χ1v) is 8.07. The second kappa shape index (κ2) is 12.1. The Bertz CT molecular complexity index is 261. The van der Waals surface area contributed by atoms with Crippen LogP contribution < -0.4 is 0 Å². The van der Waals surface area contributed by atoms with Crippen molar-refractivity contribution in [2.75, 3.05) is 0 Å². The first kappa shape index (κ1) is 20.6. The van der Waals surface area contributed by atoms with Gasteiger partial charge in [-0.05, 0) is 25.7 Å². The molecule has 2 rings (SSSR count). The van der Waals surface area contributed by atoms with Gasteiger partial charge < -0.3 is 10.2 Å². The first-order chi connectivity index (χ1) is 9.61. The predicted octanol–water partition coefficient (Wildman–Crippen LogP) is 4.08. The van der Waals surface area contributed by atoms with Crippen molar-refractivity contribution in [2.45, 2.75) is 77.0 Å². The summed E-state index contributed by atoms with van der Waals surface area (Å²) in [5, 5.41) is 17.3. The van der Waals surface area contributed by atoms with Gasteiger partial charge in [0.05, 0.1) is 11.8 Å². The van der Waals surface area contributed by atoms with Crippen LogP contribution in [0.15, 0.2) is 0 Å². The number of rotatable bonds is 2. The van der Waals surface area contributed by atoms with Gasteiger partial charge in [-0.3, -0.25) is 9.59 Å². The summed E-state index contributed by atoms with van der Waals surface area (Å²) in [6.07, 6.45) is 12.9. The molecule has 0 saturated heterocycles. The average molecular weight is 350 g/mol. The van der Waals surface area contributed by atoms with Crippen LogP contribution in [0.5, 0.6) is 0 Å². The Hall–Kier alpha value is -0.437. The van der Waals surface area contributed by atoms with Crippen molar-refractivity contribution in [1.29, 1.82) is 0 Å². The molecule has 0 bridgehead atoms. The second-order valence-electron chi connectivity index (χ2n) is 6.05. The quantitative estimate of drug-likeness (QED) is 0.582. The molecule has 2 saturated carbocycles. The number of aliphatic carboxylic acids is 2. The van der Waals surface area contributed by atoms with Crippen molar-refractivity contribution in [3.05, 3.63) is 0 Å². The van der Waals surface area contributed by atoms with Gasteiger partial charge in [0, 0.05) is 19.5 Å². The standard InChI is InChI=1S/2C8H14O2.Zn/c2*9-8(10)7-5-3-1-2-4-6-7;/h2*7H,1-6H2,(H,9,10);. The van der Waals surface area contributed by atoms with Gasteiger partial charge in [-0.25, -0.2) is 0 Å². The number of carboxylic acid groups (broad SMARTS) is 2. The van der Waals surface area contributed by atoms with Crippen LogP contribution in [0.3, 0.4) is 0 Å². The van der Waals surface area contributed by atoms with E-state index >= 15 is 0 Å². The predicted molar refractivity (Wildman–Crippen MR) is 77.7 cm³/mol. The number of hydrogen-bond donors (Lipinski definition) is 2. The molecule has 118 valence electrons. The summed E-state index contributed by atoms with van der Waals surface area (Å²) in [7, 11) is 0. The topological polar surface area (TPSA) is 74.6 Å². The van der Waals surface area contributed by atoms with Gasteiger partial charge in [-0.15, -0.1) is 0 Å². The first-order valence-electron chi connectivity index (χ1n) is 8.07. The van der Waals surface area contributed by atoms with E-state index in [0.717, 1.165) is 51.4 Å². The van der Waals surface area contributed by atoms with Crippen LogP contribution in [0.4, 0.5) is 0 Å².